The first-order chi connectivity index (χ1) is 8.49. The molecule has 18 heavy (non-hydrogen) atoms. The summed E-state index contributed by atoms with van der Waals surface area (Å²) in [5, 5.41) is 20.7. The maximum Gasteiger partial charge on any atom is 0.332 e. The molecule has 1 N–H and O–H groups in total. The lowest BCUT2D eigenvalue weighted by Gasteiger charge is -2.30. The Balaban J connectivity index is 2.44. The lowest BCUT2D eigenvalue weighted by atomic mass is 10.1. The maximum absolute atomic E-state index is 11.1. The number of nitrogens with zero attached hydrogens (tertiary/aromatic N) is 4. The molecule has 0 aromatic carbocycles. The number of hydrogen-bond acceptors (Lipinski definition) is 6. The summed E-state index contributed by atoms with van der Waals surface area (Å²) < 4.78 is 0. The van der Waals surface area contributed by atoms with E-state index in [1.54, 1.807) is 4.90 Å². The van der Waals surface area contributed by atoms with Crippen molar-refractivity contribution >= 4 is 23.1 Å². The number of hydrogen-bond donors (Lipinski definition) is 1. The third kappa shape index (κ3) is 2.51. The molecule has 0 radical (unpaired) electrons. The molecule has 0 aliphatic carbocycles. The predicted molar refractivity (Wildman–Crippen MR) is 65.9 cm³/mol. The molecule has 1 aromatic rings. The molecule has 0 saturated carbocycles. The van der Waals surface area contributed by atoms with Gasteiger partial charge in [-0.05, 0) is 31.4 Å². The summed E-state index contributed by atoms with van der Waals surface area (Å²) in [6.07, 6.45) is 0.966. The second-order valence-electron chi connectivity index (χ2n) is 4.25. The molecule has 8 heteroatoms. The van der Waals surface area contributed by atoms with Crippen molar-refractivity contribution in [3.8, 4) is 0 Å². The average Bonchev–Trinajstić information content (AvgIpc) is 2.27. The Morgan fingerprint density at radius 1 is 1.56 bits per heavy atom. The standard InChI is InChI=1S/C10H13ClN4O3/c1-6-8(15(17)18)9(13-10(11)12-6)14-4-2-3-7(16)5-14/h7,16H,2-5H2,1H3. The predicted octanol–water partition coefficient (Wildman–Crippen LogP) is 1.31. The Bertz CT molecular complexity index is 482. The van der Waals surface area contributed by atoms with Gasteiger partial charge in [-0.15, -0.1) is 0 Å². The zero-order chi connectivity index (χ0) is 13.3. The summed E-state index contributed by atoms with van der Waals surface area (Å²) in [5.41, 5.74) is 0.0866. The van der Waals surface area contributed by atoms with Crippen LogP contribution < -0.4 is 4.90 Å². The molecule has 1 saturated heterocycles. The van der Waals surface area contributed by atoms with Crippen molar-refractivity contribution in [2.75, 3.05) is 18.0 Å². The minimum atomic E-state index is -0.512. The summed E-state index contributed by atoms with van der Waals surface area (Å²) in [4.78, 5) is 20.0. The molecule has 1 aromatic heterocycles. The van der Waals surface area contributed by atoms with E-state index in [-0.39, 0.29) is 22.5 Å². The molecule has 0 spiro atoms. The highest BCUT2D eigenvalue weighted by molar-refractivity contribution is 6.28. The number of β-amino-alcohol motifs (C(OH)–C–C–N with tert-alkyl or cyclic N) is 1. The van der Waals surface area contributed by atoms with Crippen molar-refractivity contribution in [1.29, 1.82) is 0 Å². The molecule has 1 aliphatic heterocycles. The molecule has 1 fully saturated rings. The number of halogens is 1. The van der Waals surface area contributed by atoms with Crippen LogP contribution in [-0.4, -0.2) is 39.2 Å². The molecule has 0 bridgehead atoms. The van der Waals surface area contributed by atoms with Crippen LogP contribution in [0.15, 0.2) is 0 Å². The summed E-state index contributed by atoms with van der Waals surface area (Å²) in [6.45, 7) is 2.47. The molecule has 98 valence electrons. The lowest BCUT2D eigenvalue weighted by molar-refractivity contribution is -0.385. The molecule has 7 nitrogen and oxygen atoms in total. The van der Waals surface area contributed by atoms with Gasteiger partial charge in [0, 0.05) is 13.1 Å². The van der Waals surface area contributed by atoms with Gasteiger partial charge in [0.05, 0.1) is 11.0 Å². The number of piperidine rings is 1. The van der Waals surface area contributed by atoms with E-state index in [9.17, 15) is 15.2 Å². The van der Waals surface area contributed by atoms with Crippen LogP contribution in [0.4, 0.5) is 11.5 Å². The smallest absolute Gasteiger partial charge is 0.332 e. The Kier molecular flexibility index (Phi) is 3.63. The monoisotopic (exact) mass is 272 g/mol. The van der Waals surface area contributed by atoms with Crippen molar-refractivity contribution < 1.29 is 10.0 Å². The second-order valence-corrected chi connectivity index (χ2v) is 4.59. The zero-order valence-corrected chi connectivity index (χ0v) is 10.6. The number of aliphatic hydroxyl groups excluding tert-OH is 1. The summed E-state index contributed by atoms with van der Waals surface area (Å²) in [7, 11) is 0. The maximum atomic E-state index is 11.1. The molecule has 1 aliphatic rings. The fourth-order valence-corrected chi connectivity index (χ4v) is 2.31. The van der Waals surface area contributed by atoms with Gasteiger partial charge in [-0.1, -0.05) is 0 Å². The van der Waals surface area contributed by atoms with Crippen LogP contribution in [0.3, 0.4) is 0 Å². The van der Waals surface area contributed by atoms with E-state index < -0.39 is 11.0 Å². The number of anilines is 1. The number of nitro groups is 1. The first-order valence-electron chi connectivity index (χ1n) is 5.60. The highest BCUT2D eigenvalue weighted by atomic mass is 35.5. The van der Waals surface area contributed by atoms with Gasteiger partial charge in [0.1, 0.15) is 5.69 Å². The number of aryl methyl sites for hydroxylation is 1. The Labute approximate surface area is 109 Å². The van der Waals surface area contributed by atoms with E-state index in [1.807, 2.05) is 0 Å². The number of aliphatic hydroxyl groups is 1. The third-order valence-corrected chi connectivity index (χ3v) is 3.06. The van der Waals surface area contributed by atoms with E-state index in [0.717, 1.165) is 6.42 Å². The lowest BCUT2D eigenvalue weighted by Crippen LogP contribution is -2.39. The minimum Gasteiger partial charge on any atom is -0.391 e. The van der Waals surface area contributed by atoms with E-state index in [2.05, 4.69) is 9.97 Å². The minimum absolute atomic E-state index is 0.0202. The Hall–Kier alpha value is -1.47. The van der Waals surface area contributed by atoms with Crippen LogP contribution in [-0.2, 0) is 0 Å². The fourth-order valence-electron chi connectivity index (χ4n) is 2.10. The summed E-state index contributed by atoms with van der Waals surface area (Å²) >= 11 is 5.75. The molecule has 1 unspecified atom stereocenters. The van der Waals surface area contributed by atoms with E-state index >= 15 is 0 Å². The number of aromatic nitrogens is 2. The molecular weight excluding hydrogens is 260 g/mol. The summed E-state index contributed by atoms with van der Waals surface area (Å²) in [5.74, 6) is 0.191. The normalized spacial score (nSPS) is 19.9. The molecule has 1 atom stereocenters. The largest absolute Gasteiger partial charge is 0.391 e. The Morgan fingerprint density at radius 2 is 2.28 bits per heavy atom. The quantitative estimate of drug-likeness (QED) is 0.496. The first-order valence-corrected chi connectivity index (χ1v) is 5.98. The second kappa shape index (κ2) is 5.03. The van der Waals surface area contributed by atoms with Crippen molar-refractivity contribution in [2.45, 2.75) is 25.9 Å². The molecule has 0 amide bonds. The van der Waals surface area contributed by atoms with Gasteiger partial charge in [-0.25, -0.2) is 4.98 Å². The highest BCUT2D eigenvalue weighted by Crippen LogP contribution is 2.31. The van der Waals surface area contributed by atoms with Crippen molar-refractivity contribution in [1.82, 2.24) is 9.97 Å². The molecule has 2 rings (SSSR count). The highest BCUT2D eigenvalue weighted by Gasteiger charge is 2.29. The third-order valence-electron chi connectivity index (χ3n) is 2.89. The van der Waals surface area contributed by atoms with Crippen molar-refractivity contribution in [3.05, 3.63) is 21.1 Å². The van der Waals surface area contributed by atoms with Crippen molar-refractivity contribution in [2.24, 2.45) is 0 Å². The van der Waals surface area contributed by atoms with Crippen LogP contribution in [0.1, 0.15) is 18.5 Å². The van der Waals surface area contributed by atoms with Gasteiger partial charge in [0.15, 0.2) is 0 Å². The fraction of sp³-hybridized carbons (Fsp3) is 0.600. The first kappa shape index (κ1) is 13.0. The van der Waals surface area contributed by atoms with Crippen LogP contribution in [0.5, 0.6) is 0 Å². The molecular formula is C10H13ClN4O3. The number of rotatable bonds is 2. The molecule has 2 heterocycles. The van der Waals surface area contributed by atoms with E-state index in [4.69, 9.17) is 11.6 Å². The van der Waals surface area contributed by atoms with Crippen LogP contribution in [0.25, 0.3) is 0 Å². The van der Waals surface area contributed by atoms with Gasteiger partial charge in [0.2, 0.25) is 11.1 Å². The van der Waals surface area contributed by atoms with Gasteiger partial charge in [0.25, 0.3) is 0 Å². The topological polar surface area (TPSA) is 92.4 Å². The van der Waals surface area contributed by atoms with Gasteiger partial charge in [-0.3, -0.25) is 10.1 Å². The average molecular weight is 273 g/mol. The van der Waals surface area contributed by atoms with Crippen molar-refractivity contribution in [3.63, 3.8) is 0 Å². The van der Waals surface area contributed by atoms with Crippen LogP contribution in [0, 0.1) is 17.0 Å². The SMILES string of the molecule is Cc1nc(Cl)nc(N2CCCC(O)C2)c1[N+](=O)[O-]. The zero-order valence-electron chi connectivity index (χ0n) is 9.84. The Morgan fingerprint density at radius 3 is 2.89 bits per heavy atom. The van der Waals surface area contributed by atoms with Gasteiger partial charge < -0.3 is 10.0 Å². The van der Waals surface area contributed by atoms with Crippen LogP contribution in [0.2, 0.25) is 5.28 Å². The van der Waals surface area contributed by atoms with Crippen LogP contribution >= 0.6 is 11.6 Å². The van der Waals surface area contributed by atoms with E-state index in [0.29, 0.717) is 19.5 Å². The summed E-state index contributed by atoms with van der Waals surface area (Å²) in [6, 6.07) is 0. The van der Waals surface area contributed by atoms with Gasteiger partial charge >= 0.3 is 5.69 Å². The van der Waals surface area contributed by atoms with E-state index in [1.165, 1.54) is 6.92 Å². The van der Waals surface area contributed by atoms with Gasteiger partial charge in [-0.2, -0.15) is 4.98 Å².